The van der Waals surface area contributed by atoms with Gasteiger partial charge in [0.1, 0.15) is 0 Å². The molecule has 0 aromatic rings. The zero-order chi connectivity index (χ0) is 13.2. The first-order valence-corrected chi connectivity index (χ1v) is 7.82. The molecule has 1 saturated carbocycles. The van der Waals surface area contributed by atoms with Crippen LogP contribution in [0, 0.1) is 11.8 Å². The number of thiocarbonyl (C=S) groups is 2. The third kappa shape index (κ3) is 3.07. The molecule has 2 aliphatic heterocycles. The van der Waals surface area contributed by atoms with Gasteiger partial charge in [-0.05, 0) is 6.42 Å². The van der Waals surface area contributed by atoms with E-state index in [0.29, 0.717) is 11.8 Å². The van der Waals surface area contributed by atoms with Gasteiger partial charge in [0, 0.05) is 38.0 Å². The molecule has 0 unspecified atom stereocenters. The predicted molar refractivity (Wildman–Crippen MR) is 81.6 cm³/mol. The molecule has 0 N–H and O–H groups in total. The van der Waals surface area contributed by atoms with E-state index in [2.05, 4.69) is 9.80 Å². The normalized spacial score (nSPS) is 31.2. The second-order valence-corrected chi connectivity index (χ2v) is 6.16. The van der Waals surface area contributed by atoms with Crippen molar-refractivity contribution in [2.75, 3.05) is 52.6 Å². The first kappa shape index (κ1) is 13.7. The molecule has 19 heavy (non-hydrogen) atoms. The lowest BCUT2D eigenvalue weighted by molar-refractivity contribution is 0.0669. The van der Waals surface area contributed by atoms with Gasteiger partial charge in [-0.25, -0.2) is 0 Å². The Morgan fingerprint density at radius 2 is 1.11 bits per heavy atom. The molecule has 0 spiro atoms. The number of rotatable bonds is 2. The topological polar surface area (TPSA) is 24.9 Å². The van der Waals surface area contributed by atoms with Gasteiger partial charge in [-0.3, -0.25) is 0 Å². The summed E-state index contributed by atoms with van der Waals surface area (Å²) in [6.07, 6.45) is 1.13. The fourth-order valence-corrected chi connectivity index (χ4v) is 3.66. The second-order valence-electron chi connectivity index (χ2n) is 5.32. The summed E-state index contributed by atoms with van der Waals surface area (Å²) >= 11 is 11.3. The third-order valence-electron chi connectivity index (χ3n) is 4.07. The smallest absolute Gasteiger partial charge is 0.0819 e. The van der Waals surface area contributed by atoms with E-state index in [1.807, 2.05) is 0 Å². The number of morpholine rings is 2. The van der Waals surface area contributed by atoms with Gasteiger partial charge in [0.05, 0.1) is 36.4 Å². The number of hydrogen-bond donors (Lipinski definition) is 0. The van der Waals surface area contributed by atoms with Gasteiger partial charge in [-0.1, -0.05) is 24.4 Å². The van der Waals surface area contributed by atoms with Crippen molar-refractivity contribution in [3.05, 3.63) is 0 Å². The maximum absolute atomic E-state index is 5.63. The summed E-state index contributed by atoms with van der Waals surface area (Å²) in [5.74, 6) is 0.979. The van der Waals surface area contributed by atoms with Crippen molar-refractivity contribution in [3.63, 3.8) is 0 Å². The first-order valence-electron chi connectivity index (χ1n) is 7.00. The van der Waals surface area contributed by atoms with E-state index < -0.39 is 0 Å². The lowest BCUT2D eigenvalue weighted by Crippen LogP contribution is -2.43. The largest absolute Gasteiger partial charge is 0.378 e. The molecule has 0 amide bonds. The van der Waals surface area contributed by atoms with E-state index in [0.717, 1.165) is 69.0 Å². The van der Waals surface area contributed by atoms with Crippen LogP contribution >= 0.6 is 24.4 Å². The molecular formula is C13H20N2O2S2. The average Bonchev–Trinajstić information content (AvgIpc) is 3.28. The Bertz CT molecular complexity index is 332. The Kier molecular flexibility index (Phi) is 4.31. The second kappa shape index (κ2) is 5.99. The van der Waals surface area contributed by atoms with Crippen molar-refractivity contribution in [2.45, 2.75) is 6.42 Å². The van der Waals surface area contributed by atoms with Crippen LogP contribution in [0.4, 0.5) is 0 Å². The van der Waals surface area contributed by atoms with Gasteiger partial charge < -0.3 is 19.3 Å². The summed E-state index contributed by atoms with van der Waals surface area (Å²) in [5, 5.41) is 0. The van der Waals surface area contributed by atoms with E-state index in [-0.39, 0.29) is 0 Å². The summed E-state index contributed by atoms with van der Waals surface area (Å²) in [6, 6.07) is 0. The highest BCUT2D eigenvalue weighted by Crippen LogP contribution is 2.43. The van der Waals surface area contributed by atoms with Gasteiger partial charge in [-0.15, -0.1) is 0 Å². The monoisotopic (exact) mass is 300 g/mol. The van der Waals surface area contributed by atoms with Crippen molar-refractivity contribution in [1.82, 2.24) is 9.80 Å². The number of nitrogens with zero attached hydrogens (tertiary/aromatic N) is 2. The molecule has 2 saturated heterocycles. The summed E-state index contributed by atoms with van der Waals surface area (Å²) in [5.41, 5.74) is 0. The van der Waals surface area contributed by atoms with Crippen LogP contribution in [0.15, 0.2) is 0 Å². The van der Waals surface area contributed by atoms with Gasteiger partial charge in [0.15, 0.2) is 0 Å². The summed E-state index contributed by atoms with van der Waals surface area (Å²) in [6.45, 7) is 6.94. The summed E-state index contributed by atoms with van der Waals surface area (Å²) in [4.78, 5) is 6.80. The van der Waals surface area contributed by atoms with Crippen LogP contribution in [0.1, 0.15) is 6.42 Å². The van der Waals surface area contributed by atoms with E-state index in [1.165, 1.54) is 0 Å². The minimum Gasteiger partial charge on any atom is -0.378 e. The van der Waals surface area contributed by atoms with Crippen LogP contribution in [0.5, 0.6) is 0 Å². The molecule has 6 heteroatoms. The van der Waals surface area contributed by atoms with Crippen molar-refractivity contribution in [2.24, 2.45) is 11.8 Å². The Morgan fingerprint density at radius 3 is 1.47 bits per heavy atom. The SMILES string of the molecule is S=C([C@H]1C[C@@H]1C(=S)N1CCOCC1)N1CCOCC1. The fourth-order valence-electron chi connectivity index (χ4n) is 2.78. The number of hydrogen-bond acceptors (Lipinski definition) is 4. The quantitative estimate of drug-likeness (QED) is 0.704. The fraction of sp³-hybridized carbons (Fsp3) is 0.846. The van der Waals surface area contributed by atoms with Crippen LogP contribution in [0.3, 0.4) is 0 Å². The molecule has 0 aromatic heterocycles. The summed E-state index contributed by atoms with van der Waals surface area (Å²) in [7, 11) is 0. The number of ether oxygens (including phenoxy) is 2. The Hall–Kier alpha value is -0.300. The maximum atomic E-state index is 5.63. The molecule has 0 radical (unpaired) electrons. The molecule has 3 aliphatic rings. The molecule has 4 nitrogen and oxygen atoms in total. The van der Waals surface area contributed by atoms with E-state index in [9.17, 15) is 0 Å². The predicted octanol–water partition coefficient (Wildman–Crippen LogP) is 0.942. The van der Waals surface area contributed by atoms with Crippen LogP contribution in [0.25, 0.3) is 0 Å². The average molecular weight is 300 g/mol. The molecule has 3 fully saturated rings. The summed E-state index contributed by atoms with van der Waals surface area (Å²) < 4.78 is 10.7. The standard InChI is InChI=1S/C13H20N2O2S2/c18-12(14-1-5-16-6-2-14)10-9-11(10)13(19)15-3-7-17-8-4-15/h10-11H,1-9H2/t10-,11-/m0/s1. The van der Waals surface area contributed by atoms with E-state index >= 15 is 0 Å². The molecule has 0 bridgehead atoms. The highest BCUT2D eigenvalue weighted by atomic mass is 32.1. The van der Waals surface area contributed by atoms with Gasteiger partial charge in [0.2, 0.25) is 0 Å². The van der Waals surface area contributed by atoms with Gasteiger partial charge >= 0.3 is 0 Å². The minimum absolute atomic E-state index is 0.489. The van der Waals surface area contributed by atoms with Crippen molar-refractivity contribution in [3.8, 4) is 0 Å². The van der Waals surface area contributed by atoms with E-state index in [1.54, 1.807) is 0 Å². The highest BCUT2D eigenvalue weighted by Gasteiger charge is 2.46. The lowest BCUT2D eigenvalue weighted by atomic mass is 10.2. The van der Waals surface area contributed by atoms with Gasteiger partial charge in [0.25, 0.3) is 0 Å². The van der Waals surface area contributed by atoms with Crippen LogP contribution < -0.4 is 0 Å². The zero-order valence-corrected chi connectivity index (χ0v) is 12.7. The third-order valence-corrected chi connectivity index (χ3v) is 5.19. The van der Waals surface area contributed by atoms with Crippen LogP contribution in [0.2, 0.25) is 0 Å². The van der Waals surface area contributed by atoms with Crippen molar-refractivity contribution in [1.29, 1.82) is 0 Å². The van der Waals surface area contributed by atoms with Crippen LogP contribution in [-0.2, 0) is 9.47 Å². The zero-order valence-electron chi connectivity index (χ0n) is 11.0. The molecule has 2 heterocycles. The first-order chi connectivity index (χ1) is 9.27. The Labute approximate surface area is 125 Å². The highest BCUT2D eigenvalue weighted by molar-refractivity contribution is 7.80. The Morgan fingerprint density at radius 1 is 0.737 bits per heavy atom. The van der Waals surface area contributed by atoms with Crippen molar-refractivity contribution < 1.29 is 9.47 Å². The maximum Gasteiger partial charge on any atom is 0.0819 e. The van der Waals surface area contributed by atoms with Crippen molar-refractivity contribution >= 4 is 34.4 Å². The Balaban J connectivity index is 1.52. The molecular weight excluding hydrogens is 280 g/mol. The molecule has 106 valence electrons. The van der Waals surface area contributed by atoms with E-state index in [4.69, 9.17) is 33.9 Å². The molecule has 1 aliphatic carbocycles. The van der Waals surface area contributed by atoms with Crippen LogP contribution in [-0.4, -0.2) is 72.4 Å². The molecule has 0 aromatic carbocycles. The molecule has 2 atom stereocenters. The van der Waals surface area contributed by atoms with Gasteiger partial charge in [-0.2, -0.15) is 0 Å². The molecule has 3 rings (SSSR count). The lowest BCUT2D eigenvalue weighted by Gasteiger charge is -2.31. The minimum atomic E-state index is 0.489.